The third-order valence-corrected chi connectivity index (χ3v) is 6.09. The second-order valence-corrected chi connectivity index (χ2v) is 8.12. The van der Waals surface area contributed by atoms with E-state index in [-0.39, 0.29) is 22.6 Å². The molecule has 1 aromatic heterocycles. The van der Waals surface area contributed by atoms with Gasteiger partial charge in [-0.15, -0.1) is 0 Å². The Labute approximate surface area is 141 Å². The lowest BCUT2D eigenvalue weighted by atomic mass is 10.1. The van der Waals surface area contributed by atoms with Crippen LogP contribution < -0.4 is 0 Å². The zero-order valence-corrected chi connectivity index (χ0v) is 14.3. The van der Waals surface area contributed by atoms with Gasteiger partial charge >= 0.3 is 0 Å². The van der Waals surface area contributed by atoms with Crippen molar-refractivity contribution in [3.8, 4) is 0 Å². The van der Waals surface area contributed by atoms with Gasteiger partial charge in [-0.25, -0.2) is 13.4 Å². The van der Waals surface area contributed by atoms with E-state index >= 15 is 0 Å². The minimum Gasteiger partial charge on any atom is -0.334 e. The first-order valence-electron chi connectivity index (χ1n) is 7.97. The number of rotatable bonds is 5. The van der Waals surface area contributed by atoms with Gasteiger partial charge in [-0.05, 0) is 37.1 Å². The predicted octanol–water partition coefficient (Wildman–Crippen LogP) is 1.38. The van der Waals surface area contributed by atoms with Gasteiger partial charge in [0.2, 0.25) is 0 Å². The van der Waals surface area contributed by atoms with Gasteiger partial charge in [-0.1, -0.05) is 6.92 Å². The van der Waals surface area contributed by atoms with Crippen LogP contribution in [0.1, 0.15) is 30.1 Å². The Morgan fingerprint density at radius 2 is 2.04 bits per heavy atom. The van der Waals surface area contributed by atoms with Crippen LogP contribution in [0.5, 0.6) is 0 Å². The summed E-state index contributed by atoms with van der Waals surface area (Å²) >= 11 is 0. The van der Waals surface area contributed by atoms with Crippen molar-refractivity contribution in [2.24, 2.45) is 0 Å². The largest absolute Gasteiger partial charge is 0.334 e. The average molecular weight is 348 g/mol. The van der Waals surface area contributed by atoms with E-state index in [2.05, 4.69) is 10.1 Å². The molecular formula is C16H20N4O3S. The Bertz CT molecular complexity index is 800. The van der Waals surface area contributed by atoms with Crippen molar-refractivity contribution in [2.45, 2.75) is 37.2 Å². The zero-order chi connectivity index (χ0) is 17.2. The Balaban J connectivity index is 1.75. The van der Waals surface area contributed by atoms with Crippen molar-refractivity contribution < 1.29 is 13.2 Å². The van der Waals surface area contributed by atoms with Crippen LogP contribution in [0.15, 0.2) is 41.8 Å². The van der Waals surface area contributed by atoms with Crippen LogP contribution in [-0.2, 0) is 16.4 Å². The molecule has 7 nitrogen and oxygen atoms in total. The number of nitrogens with zero attached hydrogens (tertiary/aromatic N) is 4. The third kappa shape index (κ3) is 3.33. The fourth-order valence-corrected chi connectivity index (χ4v) is 3.86. The van der Waals surface area contributed by atoms with Gasteiger partial charge in [-0.2, -0.15) is 5.10 Å². The van der Waals surface area contributed by atoms with Gasteiger partial charge in [0.05, 0.1) is 23.2 Å². The molecule has 1 amide bonds. The molecule has 0 aliphatic carbocycles. The molecule has 1 saturated heterocycles. The Kier molecular flexibility index (Phi) is 4.66. The smallest absolute Gasteiger partial charge is 0.254 e. The summed E-state index contributed by atoms with van der Waals surface area (Å²) in [5, 5.41) is 4.10. The van der Waals surface area contributed by atoms with Crippen molar-refractivity contribution in [1.82, 2.24) is 19.7 Å². The van der Waals surface area contributed by atoms with E-state index in [9.17, 15) is 13.2 Å². The summed E-state index contributed by atoms with van der Waals surface area (Å²) in [6.45, 7) is 2.93. The molecular weight excluding hydrogens is 328 g/mol. The highest BCUT2D eigenvalue weighted by atomic mass is 32.2. The second-order valence-electron chi connectivity index (χ2n) is 5.84. The summed E-state index contributed by atoms with van der Waals surface area (Å²) in [6, 6.07) is 6.28. The summed E-state index contributed by atoms with van der Waals surface area (Å²) in [5.41, 5.74) is 0.510. The third-order valence-electron chi connectivity index (χ3n) is 4.34. The maximum Gasteiger partial charge on any atom is 0.254 e. The fourth-order valence-electron chi connectivity index (χ4n) is 2.97. The van der Waals surface area contributed by atoms with E-state index < -0.39 is 9.84 Å². The lowest BCUT2D eigenvalue weighted by Gasteiger charge is -2.24. The SMILES string of the molecule is CCS(=O)(=O)c1ccc(C(=O)N2CCCC2Cn2cncn2)cc1. The average Bonchev–Trinajstić information content (AvgIpc) is 3.27. The van der Waals surface area contributed by atoms with Gasteiger partial charge < -0.3 is 4.90 Å². The van der Waals surface area contributed by atoms with Crippen molar-refractivity contribution in [1.29, 1.82) is 0 Å². The molecule has 2 heterocycles. The highest BCUT2D eigenvalue weighted by molar-refractivity contribution is 7.91. The number of aromatic nitrogens is 3. The van der Waals surface area contributed by atoms with Crippen molar-refractivity contribution >= 4 is 15.7 Å². The molecule has 1 aromatic carbocycles. The van der Waals surface area contributed by atoms with Crippen LogP contribution in [0.2, 0.25) is 0 Å². The topological polar surface area (TPSA) is 85.2 Å². The highest BCUT2D eigenvalue weighted by Crippen LogP contribution is 2.22. The first-order valence-corrected chi connectivity index (χ1v) is 9.62. The number of amides is 1. The molecule has 128 valence electrons. The minimum atomic E-state index is -3.25. The maximum atomic E-state index is 12.7. The van der Waals surface area contributed by atoms with E-state index in [1.165, 1.54) is 18.5 Å². The molecule has 1 fully saturated rings. The summed E-state index contributed by atoms with van der Waals surface area (Å²) in [6.07, 6.45) is 5.00. The Morgan fingerprint density at radius 1 is 1.29 bits per heavy atom. The molecule has 0 bridgehead atoms. The van der Waals surface area contributed by atoms with Crippen LogP contribution in [0.3, 0.4) is 0 Å². The summed E-state index contributed by atoms with van der Waals surface area (Å²) in [7, 11) is -3.25. The van der Waals surface area contributed by atoms with Gasteiger partial charge in [0.25, 0.3) is 5.91 Å². The van der Waals surface area contributed by atoms with Gasteiger partial charge in [0.15, 0.2) is 9.84 Å². The lowest BCUT2D eigenvalue weighted by molar-refractivity contribution is 0.0721. The molecule has 0 N–H and O–H groups in total. The van der Waals surface area contributed by atoms with E-state index in [0.717, 1.165) is 12.8 Å². The highest BCUT2D eigenvalue weighted by Gasteiger charge is 2.30. The number of sulfone groups is 1. The molecule has 0 saturated carbocycles. The van der Waals surface area contributed by atoms with E-state index in [1.54, 1.807) is 30.1 Å². The zero-order valence-electron chi connectivity index (χ0n) is 13.5. The van der Waals surface area contributed by atoms with Crippen molar-refractivity contribution in [2.75, 3.05) is 12.3 Å². The molecule has 1 aliphatic heterocycles. The van der Waals surface area contributed by atoms with E-state index in [1.807, 2.05) is 4.90 Å². The Morgan fingerprint density at radius 3 is 2.67 bits per heavy atom. The predicted molar refractivity (Wildman–Crippen MR) is 88.2 cm³/mol. The molecule has 3 rings (SSSR count). The lowest BCUT2D eigenvalue weighted by Crippen LogP contribution is -2.38. The number of hydrogen-bond acceptors (Lipinski definition) is 5. The molecule has 1 aliphatic rings. The van der Waals surface area contributed by atoms with Crippen LogP contribution in [0, 0.1) is 0 Å². The van der Waals surface area contributed by atoms with E-state index in [4.69, 9.17) is 0 Å². The minimum absolute atomic E-state index is 0.0480. The molecule has 0 radical (unpaired) electrons. The number of carbonyl (C=O) groups is 1. The van der Waals surface area contributed by atoms with Crippen molar-refractivity contribution in [3.63, 3.8) is 0 Å². The van der Waals surface area contributed by atoms with Crippen LogP contribution in [0.4, 0.5) is 0 Å². The maximum absolute atomic E-state index is 12.7. The van der Waals surface area contributed by atoms with Gasteiger partial charge in [0.1, 0.15) is 12.7 Å². The molecule has 2 aromatic rings. The van der Waals surface area contributed by atoms with Crippen molar-refractivity contribution in [3.05, 3.63) is 42.5 Å². The summed E-state index contributed by atoms with van der Waals surface area (Å²) < 4.78 is 25.4. The van der Waals surface area contributed by atoms with Crippen LogP contribution >= 0.6 is 0 Å². The quantitative estimate of drug-likeness (QED) is 0.815. The number of hydrogen-bond donors (Lipinski definition) is 0. The molecule has 1 atom stereocenters. The molecule has 24 heavy (non-hydrogen) atoms. The van der Waals surface area contributed by atoms with Crippen LogP contribution in [-0.4, -0.2) is 52.3 Å². The van der Waals surface area contributed by atoms with Gasteiger partial charge in [0, 0.05) is 12.1 Å². The molecule has 0 spiro atoms. The normalized spacial score (nSPS) is 18.0. The monoisotopic (exact) mass is 348 g/mol. The number of carbonyl (C=O) groups excluding carboxylic acids is 1. The summed E-state index contributed by atoms with van der Waals surface area (Å²) in [4.78, 5) is 18.8. The number of likely N-dealkylation sites (tertiary alicyclic amines) is 1. The second kappa shape index (κ2) is 6.72. The van der Waals surface area contributed by atoms with Crippen LogP contribution in [0.25, 0.3) is 0 Å². The number of benzene rings is 1. The Hall–Kier alpha value is -2.22. The fraction of sp³-hybridized carbons (Fsp3) is 0.438. The summed E-state index contributed by atoms with van der Waals surface area (Å²) in [5.74, 6) is -0.0232. The first kappa shape index (κ1) is 16.6. The molecule has 8 heteroatoms. The van der Waals surface area contributed by atoms with E-state index in [0.29, 0.717) is 18.7 Å². The standard InChI is InChI=1S/C16H20N4O3S/c1-2-24(22,23)15-7-5-13(6-8-15)16(21)20-9-3-4-14(20)10-19-12-17-11-18-19/h5-8,11-12,14H,2-4,9-10H2,1H3. The first-order chi connectivity index (χ1) is 11.5. The molecule has 1 unspecified atom stereocenters. The van der Waals surface area contributed by atoms with Gasteiger partial charge in [-0.3, -0.25) is 9.48 Å².